The van der Waals surface area contributed by atoms with E-state index in [1.807, 2.05) is 42.5 Å². The number of hydrogen-bond acceptors (Lipinski definition) is 5. The van der Waals surface area contributed by atoms with Gasteiger partial charge in [-0.3, -0.25) is 9.59 Å². The number of ether oxygens (including phenoxy) is 3. The van der Waals surface area contributed by atoms with Gasteiger partial charge in [0.05, 0.1) is 13.2 Å². The molecule has 1 saturated heterocycles. The number of nitrogens with zero attached hydrogens (tertiary/aromatic N) is 1. The second kappa shape index (κ2) is 7.64. The van der Waals surface area contributed by atoms with Gasteiger partial charge in [0.2, 0.25) is 18.6 Å². The highest BCUT2D eigenvalue weighted by Gasteiger charge is 2.31. The van der Waals surface area contributed by atoms with Gasteiger partial charge in [-0.1, -0.05) is 12.1 Å². The first-order valence-corrected chi connectivity index (χ1v) is 8.95. The quantitative estimate of drug-likeness (QED) is 0.806. The van der Waals surface area contributed by atoms with Crippen LogP contribution in [-0.2, 0) is 9.59 Å². The van der Waals surface area contributed by atoms with Gasteiger partial charge >= 0.3 is 0 Å². The van der Waals surface area contributed by atoms with Gasteiger partial charge in [0.25, 0.3) is 0 Å². The van der Waals surface area contributed by atoms with E-state index in [9.17, 15) is 9.59 Å². The summed E-state index contributed by atoms with van der Waals surface area (Å²) in [6.45, 7) is 0.637. The highest BCUT2D eigenvalue weighted by Crippen LogP contribution is 2.32. The van der Waals surface area contributed by atoms with Gasteiger partial charge in [-0.15, -0.1) is 0 Å². The molecule has 144 valence electrons. The molecule has 1 N–H and O–H groups in total. The van der Waals surface area contributed by atoms with Crippen LogP contribution in [0.2, 0.25) is 0 Å². The normalized spacial score (nSPS) is 18.0. The molecule has 0 spiro atoms. The van der Waals surface area contributed by atoms with E-state index in [2.05, 4.69) is 5.32 Å². The molecule has 2 heterocycles. The van der Waals surface area contributed by atoms with Crippen molar-refractivity contribution in [3.8, 4) is 17.2 Å². The predicted octanol–water partition coefficient (Wildman–Crippen LogP) is 2.36. The summed E-state index contributed by atoms with van der Waals surface area (Å²) >= 11 is 0. The molecule has 4 rings (SSSR count). The molecule has 2 amide bonds. The van der Waals surface area contributed by atoms with E-state index in [4.69, 9.17) is 14.2 Å². The molecule has 7 heteroatoms. The average molecular weight is 380 g/mol. The topological polar surface area (TPSA) is 77.1 Å². The van der Waals surface area contributed by atoms with Crippen LogP contribution in [0, 0.1) is 0 Å². The van der Waals surface area contributed by atoms with Crippen molar-refractivity contribution in [2.45, 2.75) is 12.5 Å². The summed E-state index contributed by atoms with van der Waals surface area (Å²) in [7, 11) is 1.58. The molecule has 0 radical (unpaired) electrons. The molecule has 0 aromatic heterocycles. The monoisotopic (exact) mass is 380 g/mol. The molecule has 1 atom stereocenters. The van der Waals surface area contributed by atoms with Crippen molar-refractivity contribution in [1.29, 1.82) is 0 Å². The number of amides is 2. The molecule has 0 bridgehead atoms. The molecular formula is C21H20N2O5. The third-order valence-corrected chi connectivity index (χ3v) is 4.66. The smallest absolute Gasteiger partial charge is 0.244 e. The second-order valence-corrected chi connectivity index (χ2v) is 6.56. The van der Waals surface area contributed by atoms with Crippen molar-refractivity contribution in [3.05, 3.63) is 54.1 Å². The number of carbonyl (C=O) groups excluding carboxylic acids is 2. The second-order valence-electron chi connectivity index (χ2n) is 6.56. The van der Waals surface area contributed by atoms with Crippen LogP contribution in [0.15, 0.2) is 48.5 Å². The lowest BCUT2D eigenvalue weighted by atomic mass is 10.2. The van der Waals surface area contributed by atoms with E-state index >= 15 is 0 Å². The molecule has 28 heavy (non-hydrogen) atoms. The standard InChI is InChI=1S/C21H20N2O5/c1-26-17-4-2-3-16(11-17)23-12-15(10-21(23)25)22-20(24)8-6-14-5-7-18-19(9-14)28-13-27-18/h2-9,11,15H,10,12-13H2,1H3,(H,22,24)/b8-6-/t15-/m1/s1. The van der Waals surface area contributed by atoms with Crippen LogP contribution in [0.3, 0.4) is 0 Å². The van der Waals surface area contributed by atoms with Gasteiger partial charge < -0.3 is 24.4 Å². The van der Waals surface area contributed by atoms with Gasteiger partial charge in [0, 0.05) is 30.8 Å². The summed E-state index contributed by atoms with van der Waals surface area (Å²) in [5.41, 5.74) is 1.59. The molecule has 2 aliphatic heterocycles. The first-order valence-electron chi connectivity index (χ1n) is 8.95. The number of benzene rings is 2. The largest absolute Gasteiger partial charge is 0.497 e. The van der Waals surface area contributed by atoms with Crippen LogP contribution in [0.4, 0.5) is 5.69 Å². The summed E-state index contributed by atoms with van der Waals surface area (Å²) in [5, 5.41) is 2.88. The van der Waals surface area contributed by atoms with Crippen molar-refractivity contribution in [2.75, 3.05) is 25.3 Å². The fourth-order valence-corrected chi connectivity index (χ4v) is 3.27. The van der Waals surface area contributed by atoms with Crippen molar-refractivity contribution < 1.29 is 23.8 Å². The Morgan fingerprint density at radius 2 is 2.07 bits per heavy atom. The minimum absolute atomic E-state index is 0.0293. The molecule has 2 aromatic rings. The zero-order valence-corrected chi connectivity index (χ0v) is 15.4. The predicted molar refractivity (Wildman–Crippen MR) is 103 cm³/mol. The summed E-state index contributed by atoms with van der Waals surface area (Å²) in [5.74, 6) is 1.77. The first-order chi connectivity index (χ1) is 13.6. The van der Waals surface area contributed by atoms with E-state index in [0.717, 1.165) is 11.3 Å². The summed E-state index contributed by atoms with van der Waals surface area (Å²) < 4.78 is 15.8. The van der Waals surface area contributed by atoms with Gasteiger partial charge in [0.15, 0.2) is 11.5 Å². The SMILES string of the molecule is COc1cccc(N2C[C@H](NC(=O)/C=C\c3ccc4c(c3)OCO4)CC2=O)c1. The van der Waals surface area contributed by atoms with Crippen LogP contribution in [-0.4, -0.2) is 38.3 Å². The maximum absolute atomic E-state index is 12.3. The Bertz CT molecular complexity index is 940. The maximum atomic E-state index is 12.3. The Balaban J connectivity index is 1.36. The van der Waals surface area contributed by atoms with Crippen molar-refractivity contribution in [2.24, 2.45) is 0 Å². The highest BCUT2D eigenvalue weighted by atomic mass is 16.7. The van der Waals surface area contributed by atoms with E-state index in [0.29, 0.717) is 23.8 Å². The average Bonchev–Trinajstić information content (AvgIpc) is 3.32. The van der Waals surface area contributed by atoms with Crippen molar-refractivity contribution >= 4 is 23.6 Å². The van der Waals surface area contributed by atoms with E-state index in [1.54, 1.807) is 18.1 Å². The Morgan fingerprint density at radius 3 is 2.93 bits per heavy atom. The van der Waals surface area contributed by atoms with Gasteiger partial charge in [-0.25, -0.2) is 0 Å². The summed E-state index contributed by atoms with van der Waals surface area (Å²) in [6.07, 6.45) is 3.42. The molecule has 1 fully saturated rings. The van der Waals surface area contributed by atoms with Gasteiger partial charge in [-0.2, -0.15) is 0 Å². The number of hydrogen-bond donors (Lipinski definition) is 1. The Morgan fingerprint density at radius 1 is 1.21 bits per heavy atom. The number of methoxy groups -OCH3 is 1. The van der Waals surface area contributed by atoms with Crippen LogP contribution in [0.1, 0.15) is 12.0 Å². The van der Waals surface area contributed by atoms with E-state index < -0.39 is 0 Å². The number of anilines is 1. The first kappa shape index (κ1) is 17.9. The lowest BCUT2D eigenvalue weighted by Gasteiger charge is -2.17. The molecule has 0 aliphatic carbocycles. The maximum Gasteiger partial charge on any atom is 0.244 e. The fourth-order valence-electron chi connectivity index (χ4n) is 3.27. The summed E-state index contributed by atoms with van der Waals surface area (Å²) in [4.78, 5) is 26.3. The fraction of sp³-hybridized carbons (Fsp3) is 0.238. The number of fused-ring (bicyclic) bond motifs is 1. The molecule has 2 aromatic carbocycles. The lowest BCUT2D eigenvalue weighted by molar-refractivity contribution is -0.117. The van der Waals surface area contributed by atoms with Crippen LogP contribution < -0.4 is 24.4 Å². The van der Waals surface area contributed by atoms with Gasteiger partial charge in [0.1, 0.15) is 5.75 Å². The Labute approximate surface area is 162 Å². The summed E-state index contributed by atoms with van der Waals surface area (Å²) in [6, 6.07) is 12.5. The number of nitrogens with one attached hydrogen (secondary N) is 1. The van der Waals surface area contributed by atoms with Crippen LogP contribution in [0.25, 0.3) is 6.08 Å². The van der Waals surface area contributed by atoms with Gasteiger partial charge in [-0.05, 0) is 35.9 Å². The number of carbonyl (C=O) groups is 2. The Kier molecular flexibility index (Phi) is 4.89. The molecular weight excluding hydrogens is 360 g/mol. The third-order valence-electron chi connectivity index (χ3n) is 4.66. The minimum Gasteiger partial charge on any atom is -0.497 e. The molecule has 2 aliphatic rings. The van der Waals surface area contributed by atoms with E-state index in [-0.39, 0.29) is 31.1 Å². The molecule has 0 saturated carbocycles. The van der Waals surface area contributed by atoms with Crippen molar-refractivity contribution in [3.63, 3.8) is 0 Å². The third kappa shape index (κ3) is 3.78. The minimum atomic E-state index is -0.247. The van der Waals surface area contributed by atoms with E-state index in [1.165, 1.54) is 6.08 Å². The van der Waals surface area contributed by atoms with Crippen LogP contribution in [0.5, 0.6) is 17.2 Å². The zero-order valence-electron chi connectivity index (χ0n) is 15.4. The highest BCUT2D eigenvalue weighted by molar-refractivity contribution is 5.98. The van der Waals surface area contributed by atoms with Crippen molar-refractivity contribution in [1.82, 2.24) is 5.32 Å². The molecule has 0 unspecified atom stereocenters. The zero-order chi connectivity index (χ0) is 19.5. The number of rotatable bonds is 5. The molecule has 7 nitrogen and oxygen atoms in total. The Hall–Kier alpha value is -3.48. The lowest BCUT2D eigenvalue weighted by Crippen LogP contribution is -2.36. The van der Waals surface area contributed by atoms with Crippen LogP contribution >= 0.6 is 0 Å².